The van der Waals surface area contributed by atoms with Gasteiger partial charge in [-0.25, -0.2) is 0 Å². The molecule has 0 aliphatic heterocycles. The number of rotatable bonds is 4. The fourth-order valence-corrected chi connectivity index (χ4v) is 3.72. The Hall–Kier alpha value is -2.82. The predicted octanol–water partition coefficient (Wildman–Crippen LogP) is 6.03. The summed E-state index contributed by atoms with van der Waals surface area (Å²) in [4.78, 5) is 22.4. The van der Waals surface area contributed by atoms with E-state index in [1.807, 2.05) is 37.4 Å². The number of anilines is 1. The highest BCUT2D eigenvalue weighted by Crippen LogP contribution is 2.29. The highest BCUT2D eigenvalue weighted by molar-refractivity contribution is 6.35. The van der Waals surface area contributed by atoms with Crippen molar-refractivity contribution in [1.82, 2.24) is 9.97 Å². The molecule has 0 bridgehead atoms. The molecule has 4 rings (SSSR count). The summed E-state index contributed by atoms with van der Waals surface area (Å²) in [5.74, 6) is -0.134. The summed E-state index contributed by atoms with van der Waals surface area (Å²) in [6.45, 7) is 2.25. The second kappa shape index (κ2) is 7.66. The van der Waals surface area contributed by atoms with Gasteiger partial charge >= 0.3 is 0 Å². The van der Waals surface area contributed by atoms with E-state index in [0.717, 1.165) is 22.0 Å². The van der Waals surface area contributed by atoms with E-state index < -0.39 is 0 Å². The molecule has 0 saturated heterocycles. The van der Waals surface area contributed by atoms with Gasteiger partial charge in [-0.1, -0.05) is 35.3 Å². The molecule has 0 radical (unpaired) electrons. The molecule has 6 heteroatoms. The van der Waals surface area contributed by atoms with Crippen LogP contribution in [0.4, 0.5) is 5.69 Å². The molecular formula is C22H17Cl2N3O. The number of fused-ring (bicyclic) bond motifs is 1. The minimum atomic E-state index is -0.134. The van der Waals surface area contributed by atoms with Crippen LogP contribution >= 0.6 is 23.2 Å². The maximum Gasteiger partial charge on any atom is 0.258 e. The number of carbonyl (C=O) groups excluding carboxylic acids is 1. The lowest BCUT2D eigenvalue weighted by Crippen LogP contribution is -2.31. The maximum absolute atomic E-state index is 13.4. The predicted molar refractivity (Wildman–Crippen MR) is 114 cm³/mol. The smallest absolute Gasteiger partial charge is 0.258 e. The number of hydrogen-bond donors (Lipinski definition) is 1. The highest BCUT2D eigenvalue weighted by Gasteiger charge is 2.21. The number of hydrogen-bond acceptors (Lipinski definition) is 2. The van der Waals surface area contributed by atoms with Gasteiger partial charge < -0.3 is 9.88 Å². The molecule has 1 N–H and O–H groups in total. The van der Waals surface area contributed by atoms with Gasteiger partial charge in [-0.15, -0.1) is 0 Å². The quantitative estimate of drug-likeness (QED) is 0.447. The summed E-state index contributed by atoms with van der Waals surface area (Å²) in [6, 6.07) is 15.0. The Kier molecular flexibility index (Phi) is 5.07. The van der Waals surface area contributed by atoms with Gasteiger partial charge in [-0.05, 0) is 59.8 Å². The molecule has 0 fully saturated rings. The Morgan fingerprint density at radius 1 is 1.07 bits per heavy atom. The summed E-state index contributed by atoms with van der Waals surface area (Å²) in [7, 11) is 0. The second-order valence-electron chi connectivity index (χ2n) is 6.61. The van der Waals surface area contributed by atoms with Crippen LogP contribution < -0.4 is 4.90 Å². The zero-order chi connectivity index (χ0) is 19.7. The van der Waals surface area contributed by atoms with Gasteiger partial charge in [0.05, 0.1) is 6.54 Å². The largest absolute Gasteiger partial charge is 0.361 e. The van der Waals surface area contributed by atoms with E-state index in [9.17, 15) is 4.79 Å². The lowest BCUT2D eigenvalue weighted by Gasteiger charge is -2.24. The fourth-order valence-electron chi connectivity index (χ4n) is 3.21. The second-order valence-corrected chi connectivity index (χ2v) is 7.48. The molecule has 0 saturated carbocycles. The standard InChI is InChI=1S/C22H17Cl2N3O/c1-14-12-25-6-5-20(14)22(28)27(19-10-17(23)9-18(24)11-19)13-15-2-3-16-4-7-26-21(16)8-15/h2-12,26H,13H2,1H3. The van der Waals surface area contributed by atoms with Crippen molar-refractivity contribution in [1.29, 1.82) is 0 Å². The molecular weight excluding hydrogens is 393 g/mol. The molecule has 0 aliphatic rings. The number of aromatic nitrogens is 2. The van der Waals surface area contributed by atoms with Gasteiger partial charge in [0.15, 0.2) is 0 Å². The average Bonchev–Trinajstić information content (AvgIpc) is 3.13. The maximum atomic E-state index is 13.4. The zero-order valence-corrected chi connectivity index (χ0v) is 16.6. The van der Waals surface area contributed by atoms with Crippen molar-refractivity contribution in [2.45, 2.75) is 13.5 Å². The van der Waals surface area contributed by atoms with E-state index >= 15 is 0 Å². The summed E-state index contributed by atoms with van der Waals surface area (Å²) in [6.07, 6.45) is 5.20. The van der Waals surface area contributed by atoms with Crippen molar-refractivity contribution >= 4 is 45.7 Å². The first-order valence-corrected chi connectivity index (χ1v) is 9.51. The van der Waals surface area contributed by atoms with Crippen molar-refractivity contribution in [2.24, 2.45) is 0 Å². The summed E-state index contributed by atoms with van der Waals surface area (Å²) in [5.41, 5.74) is 4.06. The van der Waals surface area contributed by atoms with Crippen LogP contribution in [0.25, 0.3) is 10.9 Å². The highest BCUT2D eigenvalue weighted by atomic mass is 35.5. The van der Waals surface area contributed by atoms with Crippen molar-refractivity contribution in [2.75, 3.05) is 4.90 Å². The Balaban J connectivity index is 1.78. The number of halogens is 2. The van der Waals surface area contributed by atoms with Crippen LogP contribution in [-0.2, 0) is 6.54 Å². The lowest BCUT2D eigenvalue weighted by atomic mass is 10.1. The number of pyridine rings is 1. The number of carbonyl (C=O) groups is 1. The van der Waals surface area contributed by atoms with E-state index in [2.05, 4.69) is 9.97 Å². The van der Waals surface area contributed by atoms with Crippen molar-refractivity contribution in [3.63, 3.8) is 0 Å². The molecule has 0 spiro atoms. The van der Waals surface area contributed by atoms with Crippen LogP contribution in [0, 0.1) is 6.92 Å². The zero-order valence-electron chi connectivity index (χ0n) is 15.1. The number of aryl methyl sites for hydroxylation is 1. The van der Waals surface area contributed by atoms with Gasteiger partial charge in [0, 0.05) is 45.4 Å². The first-order valence-electron chi connectivity index (χ1n) is 8.76. The van der Waals surface area contributed by atoms with Crippen LogP contribution in [0.2, 0.25) is 10.0 Å². The molecule has 0 aliphatic carbocycles. The van der Waals surface area contributed by atoms with Gasteiger partial charge in [0.1, 0.15) is 0 Å². The molecule has 140 valence electrons. The summed E-state index contributed by atoms with van der Waals surface area (Å²) in [5, 5.41) is 2.08. The third-order valence-electron chi connectivity index (χ3n) is 4.61. The monoisotopic (exact) mass is 409 g/mol. The number of nitrogens with one attached hydrogen (secondary N) is 1. The topological polar surface area (TPSA) is 49.0 Å². The van der Waals surface area contributed by atoms with Crippen LogP contribution in [-0.4, -0.2) is 15.9 Å². The molecule has 0 unspecified atom stereocenters. The molecule has 2 aromatic carbocycles. The number of nitrogens with zero attached hydrogens (tertiary/aromatic N) is 2. The van der Waals surface area contributed by atoms with E-state index in [1.54, 1.807) is 41.6 Å². The Morgan fingerprint density at radius 3 is 2.61 bits per heavy atom. The van der Waals surface area contributed by atoms with Crippen LogP contribution in [0.5, 0.6) is 0 Å². The summed E-state index contributed by atoms with van der Waals surface area (Å²) < 4.78 is 0. The minimum Gasteiger partial charge on any atom is -0.361 e. The number of amides is 1. The van der Waals surface area contributed by atoms with Gasteiger partial charge in [-0.3, -0.25) is 9.78 Å². The Morgan fingerprint density at radius 2 is 1.86 bits per heavy atom. The SMILES string of the molecule is Cc1cnccc1C(=O)N(Cc1ccc2cc[nH]c2c1)c1cc(Cl)cc(Cl)c1. The molecule has 2 heterocycles. The molecule has 28 heavy (non-hydrogen) atoms. The Bertz CT molecular complexity index is 1150. The average molecular weight is 410 g/mol. The Labute approximate surface area is 172 Å². The first-order chi connectivity index (χ1) is 13.5. The molecule has 1 amide bonds. The third-order valence-corrected chi connectivity index (χ3v) is 5.05. The van der Waals surface area contributed by atoms with Crippen LogP contribution in [0.1, 0.15) is 21.5 Å². The van der Waals surface area contributed by atoms with Gasteiger partial charge in [0.2, 0.25) is 0 Å². The fraction of sp³-hybridized carbons (Fsp3) is 0.0909. The van der Waals surface area contributed by atoms with E-state index in [1.165, 1.54) is 0 Å². The summed E-state index contributed by atoms with van der Waals surface area (Å²) >= 11 is 12.4. The molecule has 4 nitrogen and oxygen atoms in total. The molecule has 0 atom stereocenters. The lowest BCUT2D eigenvalue weighted by molar-refractivity contribution is 0.0984. The minimum absolute atomic E-state index is 0.134. The molecule has 2 aromatic heterocycles. The normalized spacial score (nSPS) is 11.0. The van der Waals surface area contributed by atoms with Crippen LogP contribution in [0.15, 0.2) is 67.1 Å². The van der Waals surface area contributed by atoms with Crippen molar-refractivity contribution < 1.29 is 4.79 Å². The van der Waals surface area contributed by atoms with Crippen molar-refractivity contribution in [3.05, 3.63) is 93.9 Å². The van der Waals surface area contributed by atoms with Gasteiger partial charge in [-0.2, -0.15) is 0 Å². The van der Waals surface area contributed by atoms with E-state index in [4.69, 9.17) is 23.2 Å². The first kappa shape index (κ1) is 18.5. The van der Waals surface area contributed by atoms with E-state index in [0.29, 0.717) is 27.8 Å². The number of aromatic amines is 1. The van der Waals surface area contributed by atoms with Crippen LogP contribution in [0.3, 0.4) is 0 Å². The number of benzene rings is 2. The molecule has 4 aromatic rings. The van der Waals surface area contributed by atoms with Gasteiger partial charge in [0.25, 0.3) is 5.91 Å². The number of H-pyrrole nitrogens is 1. The van der Waals surface area contributed by atoms with E-state index in [-0.39, 0.29) is 5.91 Å². The third kappa shape index (κ3) is 3.75. The van der Waals surface area contributed by atoms with Crippen molar-refractivity contribution in [3.8, 4) is 0 Å².